The molecule has 0 atom stereocenters. The zero-order chi connectivity index (χ0) is 20.7. The van der Waals surface area contributed by atoms with Gasteiger partial charge in [0.25, 0.3) is 0 Å². The first-order valence-electron chi connectivity index (χ1n) is 9.20. The Morgan fingerprint density at radius 1 is 1.32 bits per heavy atom. The van der Waals surface area contributed by atoms with E-state index in [0.717, 1.165) is 5.57 Å². The topological polar surface area (TPSA) is 101 Å². The van der Waals surface area contributed by atoms with Crippen molar-refractivity contribution < 1.29 is 4.79 Å². The van der Waals surface area contributed by atoms with E-state index in [1.807, 2.05) is 31.2 Å². The lowest BCUT2D eigenvalue weighted by Crippen LogP contribution is -2.57. The van der Waals surface area contributed by atoms with E-state index < -0.39 is 0 Å². The number of anilines is 1. The van der Waals surface area contributed by atoms with E-state index in [9.17, 15) is 4.79 Å². The number of carbonyl (C=O) groups is 1. The van der Waals surface area contributed by atoms with Crippen LogP contribution in [0, 0.1) is 16.7 Å². The average Bonchev–Trinajstić information content (AvgIpc) is 3.09. The van der Waals surface area contributed by atoms with E-state index in [2.05, 4.69) is 17.0 Å². The van der Waals surface area contributed by atoms with Gasteiger partial charge in [-0.15, -0.1) is 0 Å². The number of hydrogen-bond acceptors (Lipinski definition) is 5. The van der Waals surface area contributed by atoms with E-state index in [1.54, 1.807) is 40.7 Å². The maximum Gasteiger partial charge on any atom is 0.327 e. The quantitative estimate of drug-likeness (QED) is 0.451. The van der Waals surface area contributed by atoms with Crippen molar-refractivity contribution in [3.05, 3.63) is 48.8 Å². The minimum Gasteiger partial charge on any atom is -0.309 e. The van der Waals surface area contributed by atoms with Crippen molar-refractivity contribution in [2.75, 3.05) is 24.8 Å². The molecular formula is C20H29N7O. The standard InChI is InChI=1S/C20H29N7O/c1-5-6-7-8-15(2)10-25-13-23-14-27(20(25)28)18-9-24-26(11-18)12-19(16(3)21)17(4)22/h5-9,11,19,21-23H,2,10,12-14H2,1,3-4H3. The second-order valence-electron chi connectivity index (χ2n) is 6.86. The van der Waals surface area contributed by atoms with Gasteiger partial charge in [-0.3, -0.25) is 14.9 Å². The summed E-state index contributed by atoms with van der Waals surface area (Å²) in [5, 5.41) is 23.2. The maximum atomic E-state index is 12.9. The van der Waals surface area contributed by atoms with Crippen molar-refractivity contribution in [2.45, 2.75) is 27.3 Å². The largest absolute Gasteiger partial charge is 0.327 e. The van der Waals surface area contributed by atoms with Crippen molar-refractivity contribution in [1.82, 2.24) is 20.0 Å². The number of hydrogen-bond donors (Lipinski definition) is 3. The molecule has 1 aliphatic rings. The normalized spacial score (nSPS) is 16.2. The van der Waals surface area contributed by atoms with Crippen molar-refractivity contribution in [3.8, 4) is 0 Å². The fourth-order valence-electron chi connectivity index (χ4n) is 2.91. The van der Waals surface area contributed by atoms with Gasteiger partial charge in [0.2, 0.25) is 0 Å². The third kappa shape index (κ3) is 5.50. The van der Waals surface area contributed by atoms with Gasteiger partial charge in [-0.1, -0.05) is 30.9 Å². The Morgan fingerprint density at radius 3 is 2.68 bits per heavy atom. The minimum atomic E-state index is -0.285. The Labute approximate surface area is 166 Å². The van der Waals surface area contributed by atoms with Gasteiger partial charge in [0.1, 0.15) is 0 Å². The number of aromatic nitrogens is 2. The predicted molar refractivity (Wildman–Crippen MR) is 113 cm³/mol. The first-order chi connectivity index (χ1) is 13.3. The molecular weight excluding hydrogens is 354 g/mol. The molecule has 28 heavy (non-hydrogen) atoms. The highest BCUT2D eigenvalue weighted by atomic mass is 16.2. The fourth-order valence-corrected chi connectivity index (χ4v) is 2.91. The molecule has 0 bridgehead atoms. The number of rotatable bonds is 9. The predicted octanol–water partition coefficient (Wildman–Crippen LogP) is 3.01. The first kappa shape index (κ1) is 21.3. The number of urea groups is 1. The summed E-state index contributed by atoms with van der Waals surface area (Å²) in [7, 11) is 0. The zero-order valence-corrected chi connectivity index (χ0v) is 16.8. The molecule has 1 aromatic rings. The van der Waals surface area contributed by atoms with Crippen LogP contribution in [0.15, 0.2) is 48.8 Å². The molecule has 0 aliphatic carbocycles. The van der Waals surface area contributed by atoms with Crippen LogP contribution in [0.2, 0.25) is 0 Å². The van der Waals surface area contributed by atoms with Crippen molar-refractivity contribution in [3.63, 3.8) is 0 Å². The SMILES string of the molecule is C=C(C=CC=CC)CN1CNCN(c2cnn(CC(C(C)=N)C(C)=N)c2)C1=O. The molecule has 2 amide bonds. The van der Waals surface area contributed by atoms with Crippen LogP contribution in [0.25, 0.3) is 0 Å². The van der Waals surface area contributed by atoms with Gasteiger partial charge >= 0.3 is 6.03 Å². The summed E-state index contributed by atoms with van der Waals surface area (Å²) in [4.78, 5) is 16.2. The van der Waals surface area contributed by atoms with Gasteiger partial charge in [-0.25, -0.2) is 4.79 Å². The summed E-state index contributed by atoms with van der Waals surface area (Å²) in [6.45, 7) is 11.0. The molecule has 0 aromatic carbocycles. The molecule has 150 valence electrons. The number of nitrogens with zero attached hydrogens (tertiary/aromatic N) is 4. The number of nitrogens with one attached hydrogen (secondary N) is 3. The monoisotopic (exact) mass is 383 g/mol. The minimum absolute atomic E-state index is 0.109. The second-order valence-corrected chi connectivity index (χ2v) is 6.86. The third-order valence-electron chi connectivity index (χ3n) is 4.45. The van der Waals surface area contributed by atoms with E-state index >= 15 is 0 Å². The van der Waals surface area contributed by atoms with Crippen LogP contribution >= 0.6 is 0 Å². The number of allylic oxidation sites excluding steroid dienone is 3. The Hall–Kier alpha value is -3.00. The number of amides is 2. The van der Waals surface area contributed by atoms with Gasteiger partial charge < -0.3 is 15.7 Å². The smallest absolute Gasteiger partial charge is 0.309 e. The summed E-state index contributed by atoms with van der Waals surface area (Å²) in [6, 6.07) is -0.109. The van der Waals surface area contributed by atoms with Gasteiger partial charge in [0.05, 0.1) is 37.7 Å². The third-order valence-corrected chi connectivity index (χ3v) is 4.45. The zero-order valence-electron chi connectivity index (χ0n) is 16.8. The molecule has 1 saturated heterocycles. The summed E-state index contributed by atoms with van der Waals surface area (Å²) >= 11 is 0. The van der Waals surface area contributed by atoms with E-state index in [0.29, 0.717) is 43.5 Å². The molecule has 2 heterocycles. The first-order valence-corrected chi connectivity index (χ1v) is 9.20. The highest BCUT2D eigenvalue weighted by molar-refractivity contribution is 6.02. The summed E-state index contributed by atoms with van der Waals surface area (Å²) in [6.07, 6.45) is 11.1. The lowest BCUT2D eigenvalue weighted by atomic mass is 10.00. The van der Waals surface area contributed by atoms with Gasteiger partial charge in [-0.2, -0.15) is 5.10 Å². The maximum absolute atomic E-state index is 12.9. The molecule has 0 unspecified atom stereocenters. The Balaban J connectivity index is 2.06. The molecule has 8 heteroatoms. The van der Waals surface area contributed by atoms with Crippen LogP contribution in [0.1, 0.15) is 20.8 Å². The molecule has 1 aliphatic heterocycles. The Kier molecular flexibility index (Phi) is 7.45. The van der Waals surface area contributed by atoms with Gasteiger partial charge in [0.15, 0.2) is 0 Å². The Bertz CT molecular complexity index is 791. The molecule has 1 aromatic heterocycles. The highest BCUT2D eigenvalue weighted by Gasteiger charge is 2.27. The van der Waals surface area contributed by atoms with Crippen LogP contribution in [-0.2, 0) is 6.54 Å². The summed E-state index contributed by atoms with van der Waals surface area (Å²) in [5.41, 5.74) is 2.38. The van der Waals surface area contributed by atoms with Crippen LogP contribution in [-0.4, -0.2) is 52.0 Å². The van der Waals surface area contributed by atoms with Crippen molar-refractivity contribution in [2.24, 2.45) is 5.92 Å². The highest BCUT2D eigenvalue weighted by Crippen LogP contribution is 2.18. The van der Waals surface area contributed by atoms with Crippen LogP contribution in [0.3, 0.4) is 0 Å². The van der Waals surface area contributed by atoms with E-state index in [1.165, 1.54) is 0 Å². The average molecular weight is 384 g/mol. The molecule has 3 N–H and O–H groups in total. The van der Waals surface area contributed by atoms with Gasteiger partial charge in [0, 0.05) is 24.2 Å². The Morgan fingerprint density at radius 2 is 2.04 bits per heavy atom. The van der Waals surface area contributed by atoms with E-state index in [4.69, 9.17) is 10.8 Å². The molecule has 0 spiro atoms. The van der Waals surface area contributed by atoms with Gasteiger partial charge in [-0.05, 0) is 26.3 Å². The van der Waals surface area contributed by atoms with Crippen LogP contribution in [0.4, 0.5) is 10.5 Å². The molecule has 1 fully saturated rings. The second kappa shape index (κ2) is 9.80. The molecule has 0 saturated carbocycles. The summed E-state index contributed by atoms with van der Waals surface area (Å²) < 4.78 is 1.68. The number of carbonyl (C=O) groups excluding carboxylic acids is 1. The van der Waals surface area contributed by atoms with Crippen LogP contribution < -0.4 is 10.2 Å². The molecule has 0 radical (unpaired) electrons. The molecule has 2 rings (SSSR count). The van der Waals surface area contributed by atoms with Crippen molar-refractivity contribution in [1.29, 1.82) is 10.8 Å². The van der Waals surface area contributed by atoms with Crippen LogP contribution in [0.5, 0.6) is 0 Å². The fraction of sp³-hybridized carbons (Fsp3) is 0.400. The lowest BCUT2D eigenvalue weighted by Gasteiger charge is -2.35. The molecule has 8 nitrogen and oxygen atoms in total. The van der Waals surface area contributed by atoms with E-state index in [-0.39, 0.29) is 11.9 Å². The summed E-state index contributed by atoms with van der Waals surface area (Å²) in [5.74, 6) is -0.285. The van der Waals surface area contributed by atoms with Crippen molar-refractivity contribution >= 4 is 23.1 Å². The lowest BCUT2D eigenvalue weighted by molar-refractivity contribution is 0.193.